The molecule has 1 heterocycles. The van der Waals surface area contributed by atoms with Gasteiger partial charge in [-0.1, -0.05) is 18.3 Å². The molecule has 6 heteroatoms. The van der Waals surface area contributed by atoms with E-state index in [0.29, 0.717) is 30.5 Å². The van der Waals surface area contributed by atoms with Crippen molar-refractivity contribution in [3.05, 3.63) is 18.2 Å². The summed E-state index contributed by atoms with van der Waals surface area (Å²) in [6, 6.07) is 5.71. The summed E-state index contributed by atoms with van der Waals surface area (Å²) in [5.74, 6) is 1.47. The highest BCUT2D eigenvalue weighted by atomic mass is 32.1. The number of anilines is 1. The molecule has 1 aromatic rings. The molecule has 19 heavy (non-hydrogen) atoms. The van der Waals surface area contributed by atoms with E-state index in [1.807, 2.05) is 25.1 Å². The number of hydrogen-bond acceptors (Lipinski definition) is 5. The van der Waals surface area contributed by atoms with Crippen molar-refractivity contribution in [1.29, 1.82) is 0 Å². The van der Waals surface area contributed by atoms with E-state index in [1.54, 1.807) is 7.11 Å². The molecule has 0 aliphatic rings. The van der Waals surface area contributed by atoms with Gasteiger partial charge in [0.2, 0.25) is 5.88 Å². The molecule has 5 nitrogen and oxygen atoms in total. The van der Waals surface area contributed by atoms with Crippen molar-refractivity contribution in [2.45, 2.75) is 13.3 Å². The minimum Gasteiger partial charge on any atom is -0.478 e. The summed E-state index contributed by atoms with van der Waals surface area (Å²) in [5.41, 5.74) is 5.55. The van der Waals surface area contributed by atoms with Crippen molar-refractivity contribution in [2.24, 2.45) is 5.73 Å². The Bertz CT molecular complexity index is 401. The minimum atomic E-state index is 0.503. The Morgan fingerprint density at radius 1 is 1.42 bits per heavy atom. The zero-order valence-electron chi connectivity index (χ0n) is 11.5. The van der Waals surface area contributed by atoms with Gasteiger partial charge < -0.3 is 20.1 Å². The van der Waals surface area contributed by atoms with Crippen LogP contribution < -0.4 is 15.4 Å². The monoisotopic (exact) mass is 283 g/mol. The zero-order valence-corrected chi connectivity index (χ0v) is 12.3. The summed E-state index contributed by atoms with van der Waals surface area (Å²) in [4.78, 5) is 7.05. The van der Waals surface area contributed by atoms with Gasteiger partial charge in [0.05, 0.1) is 18.2 Å². The fourth-order valence-corrected chi connectivity index (χ4v) is 1.69. The van der Waals surface area contributed by atoms with Crippen molar-refractivity contribution >= 4 is 23.0 Å². The van der Waals surface area contributed by atoms with Crippen LogP contribution in [0, 0.1) is 0 Å². The number of ether oxygens (including phenoxy) is 2. The van der Waals surface area contributed by atoms with E-state index >= 15 is 0 Å². The number of thiocarbonyl (C=S) groups is 1. The molecule has 0 fully saturated rings. The quantitative estimate of drug-likeness (QED) is 0.695. The third kappa shape index (κ3) is 5.85. The van der Waals surface area contributed by atoms with E-state index < -0.39 is 0 Å². The van der Waals surface area contributed by atoms with Crippen molar-refractivity contribution in [2.75, 3.05) is 38.3 Å². The molecule has 0 saturated carbocycles. The topological polar surface area (TPSA) is 60.6 Å². The zero-order chi connectivity index (χ0) is 14.1. The predicted octanol–water partition coefficient (Wildman–Crippen LogP) is 1.61. The number of nitrogens with zero attached hydrogens (tertiary/aromatic N) is 2. The molecule has 0 radical (unpaired) electrons. The number of nitrogens with two attached hydrogens (primary N) is 1. The molecule has 2 N–H and O–H groups in total. The Morgan fingerprint density at radius 3 is 2.84 bits per heavy atom. The van der Waals surface area contributed by atoms with Crippen LogP contribution in [0.1, 0.15) is 13.3 Å². The lowest BCUT2D eigenvalue weighted by Gasteiger charge is -2.23. The number of hydrogen-bond donors (Lipinski definition) is 1. The maximum absolute atomic E-state index is 5.55. The highest BCUT2D eigenvalue weighted by Gasteiger charge is 2.09. The fraction of sp³-hybridized carbons (Fsp3) is 0.538. The van der Waals surface area contributed by atoms with Crippen molar-refractivity contribution in [3.8, 4) is 5.88 Å². The minimum absolute atomic E-state index is 0.503. The molecule has 106 valence electrons. The molecular weight excluding hydrogens is 262 g/mol. The molecule has 0 spiro atoms. The van der Waals surface area contributed by atoms with Crippen LogP contribution in [-0.2, 0) is 4.74 Å². The van der Waals surface area contributed by atoms with Gasteiger partial charge in [-0.25, -0.2) is 0 Å². The van der Waals surface area contributed by atoms with E-state index in [-0.39, 0.29) is 0 Å². The van der Waals surface area contributed by atoms with E-state index in [0.717, 1.165) is 18.9 Å². The summed E-state index contributed by atoms with van der Waals surface area (Å²) in [6.07, 6.45) is 0.652. The van der Waals surface area contributed by atoms with E-state index in [4.69, 9.17) is 27.4 Å². The first-order valence-electron chi connectivity index (χ1n) is 6.29. The first kappa shape index (κ1) is 15.7. The van der Waals surface area contributed by atoms with E-state index in [1.165, 1.54) is 0 Å². The molecule has 0 aliphatic carbocycles. The Labute approximate surface area is 119 Å². The largest absolute Gasteiger partial charge is 0.478 e. The van der Waals surface area contributed by atoms with E-state index in [2.05, 4.69) is 9.88 Å². The van der Waals surface area contributed by atoms with Gasteiger partial charge in [-0.3, -0.25) is 0 Å². The average Bonchev–Trinajstić information content (AvgIpc) is 2.39. The van der Waals surface area contributed by atoms with Crippen LogP contribution in [0.25, 0.3) is 0 Å². The van der Waals surface area contributed by atoms with Crippen LogP contribution in [0.5, 0.6) is 5.88 Å². The summed E-state index contributed by atoms with van der Waals surface area (Å²) in [5, 5.41) is 0. The lowest BCUT2D eigenvalue weighted by atomic mass is 10.3. The van der Waals surface area contributed by atoms with Crippen LogP contribution in [0.3, 0.4) is 0 Å². The van der Waals surface area contributed by atoms with Gasteiger partial charge in [0, 0.05) is 32.7 Å². The van der Waals surface area contributed by atoms with Gasteiger partial charge >= 0.3 is 0 Å². The Morgan fingerprint density at radius 2 is 2.21 bits per heavy atom. The third-order valence-corrected chi connectivity index (χ3v) is 2.72. The van der Waals surface area contributed by atoms with Crippen LogP contribution in [0.15, 0.2) is 18.2 Å². The van der Waals surface area contributed by atoms with Gasteiger partial charge in [0.25, 0.3) is 0 Å². The number of rotatable bonds is 9. The molecular formula is C13H21N3O2S. The maximum Gasteiger partial charge on any atom is 0.215 e. The Hall–Kier alpha value is -1.40. The number of aromatic nitrogens is 1. The van der Waals surface area contributed by atoms with E-state index in [9.17, 15) is 0 Å². The lowest BCUT2D eigenvalue weighted by Crippen LogP contribution is -2.31. The molecule has 0 saturated heterocycles. The highest BCUT2D eigenvalue weighted by Crippen LogP contribution is 2.16. The van der Waals surface area contributed by atoms with Gasteiger partial charge in [0.1, 0.15) is 5.82 Å². The molecule has 0 aromatic carbocycles. The number of pyridine rings is 1. The van der Waals surface area contributed by atoms with Gasteiger partial charge in [-0.05, 0) is 13.0 Å². The van der Waals surface area contributed by atoms with Crippen molar-refractivity contribution in [1.82, 2.24) is 4.98 Å². The van der Waals surface area contributed by atoms with Crippen molar-refractivity contribution in [3.63, 3.8) is 0 Å². The second-order valence-electron chi connectivity index (χ2n) is 3.96. The molecule has 0 bridgehead atoms. The van der Waals surface area contributed by atoms with Gasteiger partial charge in [-0.15, -0.1) is 0 Å². The Kier molecular flexibility index (Phi) is 7.14. The molecule has 0 atom stereocenters. The van der Waals surface area contributed by atoms with Crippen LogP contribution in [-0.4, -0.2) is 43.4 Å². The average molecular weight is 283 g/mol. The smallest absolute Gasteiger partial charge is 0.215 e. The Balaban J connectivity index is 2.76. The fourth-order valence-electron chi connectivity index (χ4n) is 1.60. The first-order chi connectivity index (χ1) is 9.17. The second-order valence-corrected chi connectivity index (χ2v) is 4.49. The maximum atomic E-state index is 5.55. The molecule has 1 rings (SSSR count). The lowest BCUT2D eigenvalue weighted by molar-refractivity contribution is 0.205. The van der Waals surface area contributed by atoms with Crippen LogP contribution in [0.4, 0.5) is 5.82 Å². The summed E-state index contributed by atoms with van der Waals surface area (Å²) in [6.45, 7) is 4.62. The molecule has 1 aromatic heterocycles. The normalized spacial score (nSPS) is 10.2. The SMILES string of the molecule is CCOc1cccc(N(CCOC)CCC(N)=S)n1. The van der Waals surface area contributed by atoms with Crippen LogP contribution in [0.2, 0.25) is 0 Å². The van der Waals surface area contributed by atoms with Crippen molar-refractivity contribution < 1.29 is 9.47 Å². The number of methoxy groups -OCH3 is 1. The molecule has 0 amide bonds. The van der Waals surface area contributed by atoms with Gasteiger partial charge in [0.15, 0.2) is 0 Å². The predicted molar refractivity (Wildman–Crippen MR) is 80.9 cm³/mol. The summed E-state index contributed by atoms with van der Waals surface area (Å²) < 4.78 is 10.5. The highest BCUT2D eigenvalue weighted by molar-refractivity contribution is 7.80. The van der Waals surface area contributed by atoms with Crippen LogP contribution >= 0.6 is 12.2 Å². The third-order valence-electron chi connectivity index (χ3n) is 2.52. The second kappa shape index (κ2) is 8.66. The first-order valence-corrected chi connectivity index (χ1v) is 6.70. The van der Waals surface area contributed by atoms with Gasteiger partial charge in [-0.2, -0.15) is 4.98 Å². The molecule has 0 aliphatic heterocycles. The summed E-state index contributed by atoms with van der Waals surface area (Å²) >= 11 is 4.92. The standard InChI is InChI=1S/C13H21N3O2S/c1-3-18-13-6-4-5-12(15-13)16(9-10-17-2)8-7-11(14)19/h4-6H,3,7-10H2,1-2H3,(H2,14,19). The molecule has 0 unspecified atom stereocenters. The summed E-state index contributed by atoms with van der Waals surface area (Å²) in [7, 11) is 1.68.